The number of nitrogens with zero attached hydrogens (tertiary/aromatic N) is 2. The lowest BCUT2D eigenvalue weighted by Gasteiger charge is -2.15. The molecule has 1 aromatic rings. The van der Waals surface area contributed by atoms with Crippen molar-refractivity contribution >= 4 is 28.9 Å². The summed E-state index contributed by atoms with van der Waals surface area (Å²) in [5, 5.41) is 11.8. The van der Waals surface area contributed by atoms with Crippen molar-refractivity contribution in [3.8, 4) is 0 Å². The van der Waals surface area contributed by atoms with Crippen LogP contribution in [0.4, 0.5) is 0 Å². The normalized spacial score (nSPS) is 12.2. The standard InChI is InChI=1S/C11H19ClN4S/c1-4-8(3)15-11(17)13-7-10-9(12)6-14-16(10)5-2/h6,8H,4-5,7H2,1-3H3,(H2,13,15,17)/t8-/m0/s1. The number of aryl methyl sites for hydroxylation is 1. The number of thiocarbonyl (C=S) groups is 1. The Balaban J connectivity index is 2.49. The molecule has 0 fully saturated rings. The summed E-state index contributed by atoms with van der Waals surface area (Å²) in [7, 11) is 0. The first kappa shape index (κ1) is 14.3. The third kappa shape index (κ3) is 4.16. The van der Waals surface area contributed by atoms with Crippen LogP contribution in [0.2, 0.25) is 5.02 Å². The second kappa shape index (κ2) is 6.81. The molecule has 0 aliphatic heterocycles. The summed E-state index contributed by atoms with van der Waals surface area (Å²) >= 11 is 11.3. The van der Waals surface area contributed by atoms with Gasteiger partial charge in [0.2, 0.25) is 0 Å². The molecular weight excluding hydrogens is 256 g/mol. The molecule has 0 bridgehead atoms. The van der Waals surface area contributed by atoms with Crippen molar-refractivity contribution in [2.75, 3.05) is 0 Å². The maximum absolute atomic E-state index is 6.05. The molecule has 0 aliphatic carbocycles. The highest BCUT2D eigenvalue weighted by Gasteiger charge is 2.08. The fraction of sp³-hybridized carbons (Fsp3) is 0.636. The van der Waals surface area contributed by atoms with Crippen LogP contribution in [0.5, 0.6) is 0 Å². The average Bonchev–Trinajstić information content (AvgIpc) is 2.67. The molecule has 1 atom stereocenters. The Kier molecular flexibility index (Phi) is 5.71. The zero-order valence-corrected chi connectivity index (χ0v) is 12.0. The molecule has 4 nitrogen and oxygen atoms in total. The Morgan fingerprint density at radius 1 is 1.59 bits per heavy atom. The van der Waals surface area contributed by atoms with Gasteiger partial charge in [0, 0.05) is 12.6 Å². The third-order valence-electron chi connectivity index (χ3n) is 2.60. The van der Waals surface area contributed by atoms with Crippen molar-refractivity contribution in [3.05, 3.63) is 16.9 Å². The van der Waals surface area contributed by atoms with Gasteiger partial charge in [-0.15, -0.1) is 0 Å². The number of hydrogen-bond acceptors (Lipinski definition) is 2. The Morgan fingerprint density at radius 3 is 2.88 bits per heavy atom. The van der Waals surface area contributed by atoms with E-state index in [1.54, 1.807) is 6.20 Å². The van der Waals surface area contributed by atoms with Gasteiger partial charge < -0.3 is 10.6 Å². The first-order chi connectivity index (χ1) is 8.08. The molecule has 0 saturated heterocycles. The van der Waals surface area contributed by atoms with Crippen LogP contribution in [0, 0.1) is 0 Å². The van der Waals surface area contributed by atoms with Gasteiger partial charge in [0.05, 0.1) is 23.5 Å². The SMILES string of the molecule is CC[C@H](C)NC(=S)NCc1c(Cl)cnn1CC. The average molecular weight is 275 g/mol. The molecule has 0 spiro atoms. The van der Waals surface area contributed by atoms with E-state index in [2.05, 4.69) is 29.6 Å². The van der Waals surface area contributed by atoms with E-state index in [-0.39, 0.29) is 0 Å². The van der Waals surface area contributed by atoms with Crippen LogP contribution in [0.1, 0.15) is 32.9 Å². The van der Waals surface area contributed by atoms with Crippen LogP contribution in [0.3, 0.4) is 0 Å². The highest BCUT2D eigenvalue weighted by molar-refractivity contribution is 7.80. The fourth-order valence-corrected chi connectivity index (χ4v) is 1.86. The van der Waals surface area contributed by atoms with E-state index in [9.17, 15) is 0 Å². The van der Waals surface area contributed by atoms with E-state index >= 15 is 0 Å². The molecule has 0 radical (unpaired) electrons. The van der Waals surface area contributed by atoms with Crippen LogP contribution < -0.4 is 10.6 Å². The van der Waals surface area contributed by atoms with Gasteiger partial charge in [0.25, 0.3) is 0 Å². The first-order valence-corrected chi connectivity index (χ1v) is 6.61. The molecule has 0 amide bonds. The molecule has 6 heteroatoms. The Morgan fingerprint density at radius 2 is 2.29 bits per heavy atom. The molecule has 0 aliphatic rings. The maximum atomic E-state index is 6.05. The minimum Gasteiger partial charge on any atom is -0.360 e. The number of nitrogens with one attached hydrogen (secondary N) is 2. The van der Waals surface area contributed by atoms with Crippen molar-refractivity contribution in [2.24, 2.45) is 0 Å². The largest absolute Gasteiger partial charge is 0.360 e. The number of rotatable bonds is 5. The molecule has 1 heterocycles. The minimum atomic E-state index is 0.376. The highest BCUT2D eigenvalue weighted by Crippen LogP contribution is 2.14. The van der Waals surface area contributed by atoms with Crippen molar-refractivity contribution in [1.82, 2.24) is 20.4 Å². The van der Waals surface area contributed by atoms with Gasteiger partial charge in [0.1, 0.15) is 0 Å². The second-order valence-corrected chi connectivity index (χ2v) is 4.71. The van der Waals surface area contributed by atoms with Crippen LogP contribution in [0.25, 0.3) is 0 Å². The Hall–Kier alpha value is -0.810. The molecular formula is C11H19ClN4S. The molecule has 1 aromatic heterocycles. The predicted octanol–water partition coefficient (Wildman–Crippen LogP) is 2.32. The highest BCUT2D eigenvalue weighted by atomic mass is 35.5. The maximum Gasteiger partial charge on any atom is 0.166 e. The van der Waals surface area contributed by atoms with E-state index in [0.717, 1.165) is 18.7 Å². The monoisotopic (exact) mass is 274 g/mol. The molecule has 2 N–H and O–H groups in total. The summed E-state index contributed by atoms with van der Waals surface area (Å²) in [6, 6.07) is 0.376. The van der Waals surface area contributed by atoms with Crippen molar-refractivity contribution in [3.63, 3.8) is 0 Å². The summed E-state index contributed by atoms with van der Waals surface area (Å²) in [4.78, 5) is 0. The number of hydrogen-bond donors (Lipinski definition) is 2. The Labute approximate surface area is 113 Å². The summed E-state index contributed by atoms with van der Waals surface area (Å²) < 4.78 is 1.86. The van der Waals surface area contributed by atoms with Crippen molar-refractivity contribution in [2.45, 2.75) is 46.3 Å². The van der Waals surface area contributed by atoms with Crippen molar-refractivity contribution in [1.29, 1.82) is 0 Å². The lowest BCUT2D eigenvalue weighted by Crippen LogP contribution is -2.40. The first-order valence-electron chi connectivity index (χ1n) is 5.83. The van der Waals surface area contributed by atoms with Crippen LogP contribution in [0.15, 0.2) is 6.20 Å². The lowest BCUT2D eigenvalue weighted by molar-refractivity contribution is 0.601. The summed E-state index contributed by atoms with van der Waals surface area (Å²) in [6.07, 6.45) is 2.70. The fourth-order valence-electron chi connectivity index (χ4n) is 1.38. The van der Waals surface area contributed by atoms with Crippen molar-refractivity contribution < 1.29 is 0 Å². The zero-order valence-electron chi connectivity index (χ0n) is 10.5. The summed E-state index contributed by atoms with van der Waals surface area (Å²) in [5.41, 5.74) is 0.961. The molecule has 17 heavy (non-hydrogen) atoms. The van der Waals surface area contributed by atoms with Crippen LogP contribution >= 0.6 is 23.8 Å². The molecule has 0 saturated carbocycles. The molecule has 0 unspecified atom stereocenters. The van der Waals surface area contributed by atoms with Gasteiger partial charge >= 0.3 is 0 Å². The van der Waals surface area contributed by atoms with Crippen LogP contribution in [-0.2, 0) is 13.1 Å². The summed E-state index contributed by atoms with van der Waals surface area (Å²) in [5.74, 6) is 0. The van der Waals surface area contributed by atoms with E-state index in [4.69, 9.17) is 23.8 Å². The van der Waals surface area contributed by atoms with E-state index in [0.29, 0.717) is 22.7 Å². The van der Waals surface area contributed by atoms with Gasteiger partial charge in [-0.25, -0.2) is 0 Å². The van der Waals surface area contributed by atoms with Gasteiger partial charge in [-0.2, -0.15) is 5.10 Å². The van der Waals surface area contributed by atoms with Crippen LogP contribution in [-0.4, -0.2) is 20.9 Å². The number of halogens is 1. The summed E-state index contributed by atoms with van der Waals surface area (Å²) in [6.45, 7) is 7.63. The van der Waals surface area contributed by atoms with E-state index in [1.165, 1.54) is 0 Å². The van der Waals surface area contributed by atoms with Gasteiger partial charge in [-0.1, -0.05) is 18.5 Å². The number of aromatic nitrogens is 2. The molecule has 0 aromatic carbocycles. The van der Waals surface area contributed by atoms with Gasteiger partial charge in [-0.3, -0.25) is 4.68 Å². The topological polar surface area (TPSA) is 41.9 Å². The van der Waals surface area contributed by atoms with E-state index in [1.807, 2.05) is 11.6 Å². The smallest absolute Gasteiger partial charge is 0.166 e. The molecule has 1 rings (SSSR count). The quantitative estimate of drug-likeness (QED) is 0.809. The third-order valence-corrected chi connectivity index (χ3v) is 3.18. The molecule has 96 valence electrons. The zero-order chi connectivity index (χ0) is 12.8. The van der Waals surface area contributed by atoms with Gasteiger partial charge in [-0.05, 0) is 32.5 Å². The lowest BCUT2D eigenvalue weighted by atomic mass is 10.3. The van der Waals surface area contributed by atoms with Gasteiger partial charge in [0.15, 0.2) is 5.11 Å². The predicted molar refractivity (Wildman–Crippen MR) is 75.2 cm³/mol. The second-order valence-electron chi connectivity index (χ2n) is 3.89. The van der Waals surface area contributed by atoms with E-state index < -0.39 is 0 Å². The Bertz CT molecular complexity index is 378. The minimum absolute atomic E-state index is 0.376.